The van der Waals surface area contributed by atoms with Gasteiger partial charge >= 0.3 is 17.9 Å². The Kier molecular flexibility index (Phi) is 10.6. The molecule has 0 saturated carbocycles. The van der Waals surface area contributed by atoms with Crippen molar-refractivity contribution in [1.82, 2.24) is 0 Å². The zero-order valence-corrected chi connectivity index (χ0v) is 19.3. The molecule has 0 aromatic heterocycles. The van der Waals surface area contributed by atoms with E-state index in [4.69, 9.17) is 23.7 Å². The molecule has 0 N–H and O–H groups in total. The van der Waals surface area contributed by atoms with Gasteiger partial charge in [-0.25, -0.2) is 0 Å². The third-order valence-electron chi connectivity index (χ3n) is 5.51. The van der Waals surface area contributed by atoms with Gasteiger partial charge in [-0.3, -0.25) is 14.4 Å². The van der Waals surface area contributed by atoms with Gasteiger partial charge < -0.3 is 23.7 Å². The fraction of sp³-hybridized carbons (Fsp3) is 0.625. The van der Waals surface area contributed by atoms with Gasteiger partial charge in [0.1, 0.15) is 25.4 Å². The Morgan fingerprint density at radius 2 is 1.66 bits per heavy atom. The number of ether oxygens (including phenoxy) is 5. The predicted octanol–water partition coefficient (Wildman–Crippen LogP) is 3.41. The number of hydrogen-bond donors (Lipinski definition) is 0. The van der Waals surface area contributed by atoms with Crippen LogP contribution in [0.5, 0.6) is 0 Å². The zero-order chi connectivity index (χ0) is 23.5. The highest BCUT2D eigenvalue weighted by molar-refractivity contribution is 5.69. The number of unbranched alkanes of at least 4 members (excludes halogenated alkanes) is 1. The van der Waals surface area contributed by atoms with Gasteiger partial charge in [0.05, 0.1) is 0 Å². The molecule has 1 aromatic carbocycles. The van der Waals surface area contributed by atoms with Crippen molar-refractivity contribution < 1.29 is 38.1 Å². The normalized spacial score (nSPS) is 25.1. The van der Waals surface area contributed by atoms with E-state index in [0.29, 0.717) is 25.9 Å². The van der Waals surface area contributed by atoms with Gasteiger partial charge in [0.25, 0.3) is 0 Å². The number of carbonyl (C=O) groups excluding carboxylic acids is 3. The first kappa shape index (κ1) is 25.8. The molecule has 32 heavy (non-hydrogen) atoms. The number of hydrogen-bond acceptors (Lipinski definition) is 8. The summed E-state index contributed by atoms with van der Waals surface area (Å²) >= 11 is 0. The topological polar surface area (TPSA) is 97.4 Å². The van der Waals surface area contributed by atoms with Crippen LogP contribution in [0.4, 0.5) is 0 Å². The summed E-state index contributed by atoms with van der Waals surface area (Å²) in [4.78, 5) is 34.6. The third kappa shape index (κ3) is 8.59. The maximum Gasteiger partial charge on any atom is 0.306 e. The Bertz CT molecular complexity index is 735. The summed E-state index contributed by atoms with van der Waals surface area (Å²) in [6.45, 7) is 7.25. The Hall–Kier alpha value is -2.45. The lowest BCUT2D eigenvalue weighted by Crippen LogP contribution is -2.53. The molecule has 5 atom stereocenters. The van der Waals surface area contributed by atoms with Crippen LogP contribution in [0.2, 0.25) is 0 Å². The molecule has 2 rings (SSSR count). The van der Waals surface area contributed by atoms with Crippen LogP contribution in [0.1, 0.15) is 52.5 Å². The molecule has 1 saturated heterocycles. The summed E-state index contributed by atoms with van der Waals surface area (Å²) in [7, 11) is 0. The molecule has 1 heterocycles. The smallest absolute Gasteiger partial charge is 0.306 e. The summed E-state index contributed by atoms with van der Waals surface area (Å²) in [6.07, 6.45) is -0.0341. The highest BCUT2D eigenvalue weighted by Crippen LogP contribution is 2.33. The third-order valence-corrected chi connectivity index (χ3v) is 5.51. The predicted molar refractivity (Wildman–Crippen MR) is 115 cm³/mol. The van der Waals surface area contributed by atoms with Crippen molar-refractivity contribution in [1.29, 1.82) is 0 Å². The molecular formula is C24H34O8. The fourth-order valence-electron chi connectivity index (χ4n) is 3.54. The van der Waals surface area contributed by atoms with Crippen LogP contribution in [0, 0.1) is 11.8 Å². The highest BCUT2D eigenvalue weighted by atomic mass is 16.7. The SMILES string of the molecule is CC(=O)OCC1OC(OCCCCC(=O)OCc2ccccc2)C(C)C(C)C1OC(C)=O. The van der Waals surface area contributed by atoms with Gasteiger partial charge in [0.15, 0.2) is 6.29 Å². The first-order valence-corrected chi connectivity index (χ1v) is 11.0. The Balaban J connectivity index is 1.74. The minimum absolute atomic E-state index is 0.0164. The van der Waals surface area contributed by atoms with Crippen molar-refractivity contribution in [2.24, 2.45) is 11.8 Å². The van der Waals surface area contributed by atoms with Crippen LogP contribution in [-0.4, -0.2) is 49.6 Å². The number of benzene rings is 1. The molecule has 0 radical (unpaired) electrons. The van der Waals surface area contributed by atoms with E-state index in [9.17, 15) is 14.4 Å². The average molecular weight is 451 g/mol. The molecule has 8 nitrogen and oxygen atoms in total. The van der Waals surface area contributed by atoms with Crippen molar-refractivity contribution in [2.75, 3.05) is 13.2 Å². The minimum Gasteiger partial charge on any atom is -0.463 e. The zero-order valence-electron chi connectivity index (χ0n) is 19.3. The summed E-state index contributed by atoms with van der Waals surface area (Å²) in [5, 5.41) is 0. The first-order chi connectivity index (χ1) is 15.3. The van der Waals surface area contributed by atoms with Crippen LogP contribution in [0.25, 0.3) is 0 Å². The molecule has 1 aliphatic rings. The van der Waals surface area contributed by atoms with Crippen LogP contribution >= 0.6 is 0 Å². The standard InChI is InChI=1S/C24H34O8/c1-16-17(2)24(32-21(15-29-18(3)25)23(16)31-19(4)26)28-13-9-8-12-22(27)30-14-20-10-6-5-7-11-20/h5-7,10-11,16-17,21,23-24H,8-9,12-15H2,1-4H3. The van der Waals surface area contributed by atoms with Gasteiger partial charge in [-0.2, -0.15) is 0 Å². The average Bonchev–Trinajstić information content (AvgIpc) is 2.76. The Morgan fingerprint density at radius 1 is 0.938 bits per heavy atom. The lowest BCUT2D eigenvalue weighted by molar-refractivity contribution is -0.273. The second-order valence-corrected chi connectivity index (χ2v) is 8.11. The second kappa shape index (κ2) is 13.2. The van der Waals surface area contributed by atoms with E-state index >= 15 is 0 Å². The van der Waals surface area contributed by atoms with E-state index in [1.54, 1.807) is 0 Å². The maximum absolute atomic E-state index is 11.9. The van der Waals surface area contributed by atoms with Crippen LogP contribution < -0.4 is 0 Å². The molecule has 0 bridgehead atoms. The van der Waals surface area contributed by atoms with Gasteiger partial charge in [0.2, 0.25) is 0 Å². The van der Waals surface area contributed by atoms with Crippen molar-refractivity contribution in [3.8, 4) is 0 Å². The van der Waals surface area contributed by atoms with Crippen LogP contribution in [0.15, 0.2) is 30.3 Å². The van der Waals surface area contributed by atoms with Gasteiger partial charge in [-0.15, -0.1) is 0 Å². The van der Waals surface area contributed by atoms with Gasteiger partial charge in [-0.05, 0) is 18.4 Å². The van der Waals surface area contributed by atoms with Crippen molar-refractivity contribution in [3.05, 3.63) is 35.9 Å². The molecule has 0 spiro atoms. The maximum atomic E-state index is 11.9. The monoisotopic (exact) mass is 450 g/mol. The van der Waals surface area contributed by atoms with Gasteiger partial charge in [0, 0.05) is 38.7 Å². The molecule has 0 aliphatic carbocycles. The van der Waals surface area contributed by atoms with E-state index in [1.807, 2.05) is 44.2 Å². The molecule has 178 valence electrons. The molecule has 1 aliphatic heterocycles. The molecule has 8 heteroatoms. The van der Waals surface area contributed by atoms with Crippen LogP contribution in [-0.2, 0) is 44.7 Å². The number of carbonyl (C=O) groups is 3. The first-order valence-electron chi connectivity index (χ1n) is 11.0. The number of rotatable bonds is 11. The fourth-order valence-corrected chi connectivity index (χ4v) is 3.54. The second-order valence-electron chi connectivity index (χ2n) is 8.11. The lowest BCUT2D eigenvalue weighted by Gasteiger charge is -2.43. The quantitative estimate of drug-likeness (QED) is 0.287. The van der Waals surface area contributed by atoms with E-state index in [-0.39, 0.29) is 31.0 Å². The van der Waals surface area contributed by atoms with E-state index in [1.165, 1.54) is 13.8 Å². The largest absolute Gasteiger partial charge is 0.463 e. The minimum atomic E-state index is -0.605. The Labute approximate surface area is 189 Å². The van der Waals surface area contributed by atoms with Crippen molar-refractivity contribution >= 4 is 17.9 Å². The molecule has 0 amide bonds. The summed E-state index contributed by atoms with van der Waals surface area (Å²) < 4.78 is 27.7. The van der Waals surface area contributed by atoms with E-state index in [2.05, 4.69) is 0 Å². The summed E-state index contributed by atoms with van der Waals surface area (Å²) in [5.74, 6) is -1.17. The molecule has 1 aromatic rings. The summed E-state index contributed by atoms with van der Waals surface area (Å²) in [5.41, 5.74) is 0.956. The molecular weight excluding hydrogens is 416 g/mol. The summed E-state index contributed by atoms with van der Waals surface area (Å²) in [6, 6.07) is 9.54. The van der Waals surface area contributed by atoms with Crippen molar-refractivity contribution in [3.63, 3.8) is 0 Å². The van der Waals surface area contributed by atoms with Gasteiger partial charge in [-0.1, -0.05) is 44.2 Å². The molecule has 5 unspecified atom stereocenters. The van der Waals surface area contributed by atoms with Crippen LogP contribution in [0.3, 0.4) is 0 Å². The Morgan fingerprint density at radius 3 is 2.31 bits per heavy atom. The highest BCUT2D eigenvalue weighted by Gasteiger charge is 2.44. The van der Waals surface area contributed by atoms with E-state index < -0.39 is 30.4 Å². The van der Waals surface area contributed by atoms with E-state index in [0.717, 1.165) is 5.56 Å². The lowest BCUT2D eigenvalue weighted by atomic mass is 9.84. The van der Waals surface area contributed by atoms with Crippen molar-refractivity contribution in [2.45, 2.75) is 72.1 Å². The molecule has 1 fully saturated rings. The number of esters is 3.